The van der Waals surface area contributed by atoms with E-state index in [1.807, 2.05) is 31.2 Å². The first kappa shape index (κ1) is 13.3. The zero-order valence-corrected chi connectivity index (χ0v) is 12.1. The summed E-state index contributed by atoms with van der Waals surface area (Å²) in [6, 6.07) is 8.02. The summed E-state index contributed by atoms with van der Waals surface area (Å²) in [5.74, 6) is 1.85. The van der Waals surface area contributed by atoms with Crippen molar-refractivity contribution < 1.29 is 4.52 Å². The molecule has 2 unspecified atom stereocenters. The maximum atomic E-state index is 6.52. The molecule has 0 aliphatic heterocycles. The average molecular weight is 271 g/mol. The van der Waals surface area contributed by atoms with Crippen LogP contribution >= 0.6 is 0 Å². The van der Waals surface area contributed by atoms with Gasteiger partial charge in [0.15, 0.2) is 5.82 Å². The third-order valence-electron chi connectivity index (χ3n) is 4.28. The molecule has 0 amide bonds. The highest BCUT2D eigenvalue weighted by Gasteiger charge is 2.37. The highest BCUT2D eigenvalue weighted by Crippen LogP contribution is 2.37. The molecule has 2 N–H and O–H groups in total. The molecule has 1 aliphatic carbocycles. The van der Waals surface area contributed by atoms with E-state index < -0.39 is 5.54 Å². The van der Waals surface area contributed by atoms with Gasteiger partial charge in [-0.3, -0.25) is 0 Å². The molecule has 1 aromatic carbocycles. The first-order valence-electron chi connectivity index (χ1n) is 7.27. The molecule has 1 heterocycles. The molecular formula is C16H21N3O. The summed E-state index contributed by atoms with van der Waals surface area (Å²) in [5, 5.41) is 4.15. The molecule has 106 valence electrons. The van der Waals surface area contributed by atoms with Crippen molar-refractivity contribution in [3.63, 3.8) is 0 Å². The van der Waals surface area contributed by atoms with Crippen LogP contribution in [0.5, 0.6) is 0 Å². The van der Waals surface area contributed by atoms with Crippen LogP contribution in [0.15, 0.2) is 28.8 Å². The fraction of sp³-hybridized carbons (Fsp3) is 0.500. The minimum absolute atomic E-state index is 0.428. The van der Waals surface area contributed by atoms with Gasteiger partial charge in [0.05, 0.1) is 5.54 Å². The predicted molar refractivity (Wildman–Crippen MR) is 78.0 cm³/mol. The lowest BCUT2D eigenvalue weighted by Gasteiger charge is -2.33. The molecule has 4 heteroatoms. The van der Waals surface area contributed by atoms with E-state index in [0.29, 0.717) is 17.6 Å². The van der Waals surface area contributed by atoms with Crippen molar-refractivity contribution in [2.24, 2.45) is 11.7 Å². The van der Waals surface area contributed by atoms with Gasteiger partial charge in [0.25, 0.3) is 5.89 Å². The van der Waals surface area contributed by atoms with Crippen LogP contribution in [0.25, 0.3) is 11.5 Å². The van der Waals surface area contributed by atoms with Gasteiger partial charge in [-0.1, -0.05) is 43.1 Å². The first-order valence-corrected chi connectivity index (χ1v) is 7.27. The third-order valence-corrected chi connectivity index (χ3v) is 4.28. The normalized spacial score (nSPS) is 26.6. The van der Waals surface area contributed by atoms with Crippen LogP contribution in [0.1, 0.15) is 44.0 Å². The fourth-order valence-electron chi connectivity index (χ4n) is 3.14. The molecule has 1 aliphatic rings. The van der Waals surface area contributed by atoms with Gasteiger partial charge < -0.3 is 10.3 Å². The number of rotatable bonds is 2. The van der Waals surface area contributed by atoms with Crippen LogP contribution in [-0.2, 0) is 5.54 Å². The summed E-state index contributed by atoms with van der Waals surface area (Å²) >= 11 is 0. The average Bonchev–Trinajstić information content (AvgIpc) is 2.89. The Bertz CT molecular complexity index is 607. The number of aromatic nitrogens is 2. The fourth-order valence-corrected chi connectivity index (χ4v) is 3.14. The highest BCUT2D eigenvalue weighted by atomic mass is 16.5. The molecule has 0 bridgehead atoms. The van der Waals surface area contributed by atoms with Crippen molar-refractivity contribution in [2.75, 3.05) is 0 Å². The zero-order chi connectivity index (χ0) is 14.2. The predicted octanol–water partition coefficient (Wildman–Crippen LogP) is 3.41. The van der Waals surface area contributed by atoms with Gasteiger partial charge in [0, 0.05) is 5.56 Å². The van der Waals surface area contributed by atoms with E-state index in [1.165, 1.54) is 6.42 Å². The first-order chi connectivity index (χ1) is 9.58. The van der Waals surface area contributed by atoms with Gasteiger partial charge in [-0.25, -0.2) is 0 Å². The summed E-state index contributed by atoms with van der Waals surface area (Å²) in [5.41, 5.74) is 8.20. The van der Waals surface area contributed by atoms with Crippen molar-refractivity contribution in [1.82, 2.24) is 10.1 Å². The lowest BCUT2D eigenvalue weighted by Crippen LogP contribution is -2.42. The Balaban J connectivity index is 1.92. The molecule has 2 aromatic rings. The molecule has 4 nitrogen and oxygen atoms in total. The molecule has 3 rings (SSSR count). The molecule has 0 radical (unpaired) electrons. The van der Waals surface area contributed by atoms with E-state index >= 15 is 0 Å². The van der Waals surface area contributed by atoms with Gasteiger partial charge in [-0.05, 0) is 37.3 Å². The van der Waals surface area contributed by atoms with Crippen molar-refractivity contribution >= 4 is 0 Å². The Morgan fingerprint density at radius 2 is 2.15 bits per heavy atom. The molecular weight excluding hydrogens is 250 g/mol. The van der Waals surface area contributed by atoms with Crippen LogP contribution in [0.3, 0.4) is 0 Å². The second kappa shape index (κ2) is 5.02. The number of benzene rings is 1. The van der Waals surface area contributed by atoms with Crippen molar-refractivity contribution in [3.05, 3.63) is 35.7 Å². The Labute approximate surface area is 119 Å². The van der Waals surface area contributed by atoms with Gasteiger partial charge in [0.2, 0.25) is 0 Å². The molecule has 1 saturated carbocycles. The van der Waals surface area contributed by atoms with E-state index in [9.17, 15) is 0 Å². The van der Waals surface area contributed by atoms with E-state index in [-0.39, 0.29) is 0 Å². The van der Waals surface area contributed by atoms with E-state index in [2.05, 4.69) is 17.1 Å². The second-order valence-electron chi connectivity index (χ2n) is 6.10. The second-order valence-corrected chi connectivity index (χ2v) is 6.10. The van der Waals surface area contributed by atoms with Gasteiger partial charge in [-0.15, -0.1) is 0 Å². The smallest absolute Gasteiger partial charge is 0.258 e. The maximum absolute atomic E-state index is 6.52. The van der Waals surface area contributed by atoms with E-state index in [1.54, 1.807) is 0 Å². The Morgan fingerprint density at radius 3 is 2.90 bits per heavy atom. The van der Waals surface area contributed by atoms with Crippen LogP contribution in [0.2, 0.25) is 0 Å². The Hall–Kier alpha value is -1.68. The zero-order valence-electron chi connectivity index (χ0n) is 12.1. The van der Waals surface area contributed by atoms with E-state index in [0.717, 1.165) is 30.4 Å². The monoisotopic (exact) mass is 271 g/mol. The minimum Gasteiger partial charge on any atom is -0.334 e. The molecule has 0 saturated heterocycles. The quantitative estimate of drug-likeness (QED) is 0.909. The lowest BCUT2D eigenvalue weighted by molar-refractivity contribution is 0.222. The number of hydrogen-bond donors (Lipinski definition) is 1. The van der Waals surface area contributed by atoms with Crippen LogP contribution < -0.4 is 5.73 Å². The molecule has 20 heavy (non-hydrogen) atoms. The molecule has 1 fully saturated rings. The van der Waals surface area contributed by atoms with E-state index in [4.69, 9.17) is 10.3 Å². The van der Waals surface area contributed by atoms with Crippen molar-refractivity contribution in [3.8, 4) is 11.5 Å². The summed E-state index contributed by atoms with van der Waals surface area (Å²) in [6.45, 7) is 4.28. The van der Waals surface area contributed by atoms with Crippen LogP contribution in [-0.4, -0.2) is 10.1 Å². The molecule has 0 spiro atoms. The third kappa shape index (κ3) is 2.36. The minimum atomic E-state index is -0.428. The van der Waals surface area contributed by atoms with Crippen LogP contribution in [0, 0.1) is 12.8 Å². The van der Waals surface area contributed by atoms with Crippen LogP contribution in [0.4, 0.5) is 0 Å². The number of hydrogen-bond acceptors (Lipinski definition) is 4. The topological polar surface area (TPSA) is 64.9 Å². The van der Waals surface area contributed by atoms with Crippen molar-refractivity contribution in [2.45, 2.75) is 45.1 Å². The van der Waals surface area contributed by atoms with Gasteiger partial charge in [0.1, 0.15) is 0 Å². The molecule has 2 atom stereocenters. The summed E-state index contributed by atoms with van der Waals surface area (Å²) in [4.78, 5) is 4.57. The van der Waals surface area contributed by atoms with Gasteiger partial charge >= 0.3 is 0 Å². The SMILES string of the molecule is Cc1ccccc1-c1nc(C2(N)CCCC(C)C2)no1. The largest absolute Gasteiger partial charge is 0.334 e. The summed E-state index contributed by atoms with van der Waals surface area (Å²) in [7, 11) is 0. The lowest BCUT2D eigenvalue weighted by atomic mass is 9.76. The highest BCUT2D eigenvalue weighted by molar-refractivity contribution is 5.57. The maximum Gasteiger partial charge on any atom is 0.258 e. The summed E-state index contributed by atoms with van der Waals surface area (Å²) < 4.78 is 5.44. The summed E-state index contributed by atoms with van der Waals surface area (Å²) in [6.07, 6.45) is 4.23. The Morgan fingerprint density at radius 1 is 1.35 bits per heavy atom. The standard InChI is InChI=1S/C16H21N3O/c1-11-6-5-9-16(17,10-11)15-18-14(20-19-15)13-8-4-3-7-12(13)2/h3-4,7-8,11H,5-6,9-10,17H2,1-2H3. The van der Waals surface area contributed by atoms with Gasteiger partial charge in [-0.2, -0.15) is 4.98 Å². The Kier molecular flexibility index (Phi) is 3.34. The van der Waals surface area contributed by atoms with Crippen molar-refractivity contribution in [1.29, 1.82) is 0 Å². The number of nitrogens with zero attached hydrogens (tertiary/aromatic N) is 2. The molecule has 1 aromatic heterocycles. The number of nitrogens with two attached hydrogens (primary N) is 1. The number of aryl methyl sites for hydroxylation is 1.